The molecule has 0 bridgehead atoms. The van der Waals surface area contributed by atoms with Crippen LogP contribution in [-0.2, 0) is 4.74 Å². The van der Waals surface area contributed by atoms with Crippen molar-refractivity contribution in [3.05, 3.63) is 29.3 Å². The van der Waals surface area contributed by atoms with Gasteiger partial charge in [0.2, 0.25) is 0 Å². The molecule has 1 saturated carbocycles. The molecule has 0 amide bonds. The van der Waals surface area contributed by atoms with E-state index < -0.39 is 0 Å². The number of aryl methyl sites for hydroxylation is 1. The lowest BCUT2D eigenvalue weighted by Crippen LogP contribution is -2.28. The number of carbonyl (C=O) groups is 1. The van der Waals surface area contributed by atoms with Crippen molar-refractivity contribution in [2.24, 2.45) is 5.41 Å². The second-order valence-corrected chi connectivity index (χ2v) is 6.31. The second kappa shape index (κ2) is 5.24. The monoisotopic (exact) mass is 261 g/mol. The summed E-state index contributed by atoms with van der Waals surface area (Å²) in [6.07, 6.45) is 4.15. The highest BCUT2D eigenvalue weighted by Gasteiger charge is 2.29. The minimum Gasteiger partial charge on any atom is -0.459 e. The minimum atomic E-state index is -0.277. The molecule has 1 aromatic carbocycles. The molecule has 0 aliphatic heterocycles. The number of hydrogen-bond donors (Lipinski definition) is 1. The molecule has 1 aliphatic carbocycles. The summed E-state index contributed by atoms with van der Waals surface area (Å²) in [5.41, 5.74) is 8.15. The topological polar surface area (TPSA) is 52.3 Å². The smallest absolute Gasteiger partial charge is 0.340 e. The van der Waals surface area contributed by atoms with Crippen molar-refractivity contribution < 1.29 is 9.53 Å². The summed E-state index contributed by atoms with van der Waals surface area (Å²) in [7, 11) is 0. The Hall–Kier alpha value is -1.51. The van der Waals surface area contributed by atoms with Gasteiger partial charge in [0.25, 0.3) is 0 Å². The van der Waals surface area contributed by atoms with Gasteiger partial charge in [0.1, 0.15) is 6.10 Å². The number of rotatable bonds is 2. The summed E-state index contributed by atoms with van der Waals surface area (Å²) < 4.78 is 5.61. The zero-order chi connectivity index (χ0) is 14.0. The first-order chi connectivity index (χ1) is 8.89. The van der Waals surface area contributed by atoms with Crippen LogP contribution in [0.15, 0.2) is 18.2 Å². The van der Waals surface area contributed by atoms with Crippen LogP contribution >= 0.6 is 0 Å². The number of esters is 1. The van der Waals surface area contributed by atoms with Gasteiger partial charge in [-0.05, 0) is 49.7 Å². The van der Waals surface area contributed by atoms with Crippen LogP contribution in [0.3, 0.4) is 0 Å². The molecule has 3 nitrogen and oxygen atoms in total. The molecular formula is C16H23NO2. The molecule has 0 atom stereocenters. The van der Waals surface area contributed by atoms with E-state index >= 15 is 0 Å². The molecule has 3 heteroatoms. The summed E-state index contributed by atoms with van der Waals surface area (Å²) in [5, 5.41) is 0. The van der Waals surface area contributed by atoms with Crippen LogP contribution in [0.25, 0.3) is 0 Å². The summed E-state index contributed by atoms with van der Waals surface area (Å²) in [4.78, 5) is 12.2. The second-order valence-electron chi connectivity index (χ2n) is 6.31. The van der Waals surface area contributed by atoms with Crippen LogP contribution in [-0.4, -0.2) is 12.1 Å². The van der Waals surface area contributed by atoms with Crippen LogP contribution in [0.4, 0.5) is 5.69 Å². The van der Waals surface area contributed by atoms with Crippen molar-refractivity contribution >= 4 is 11.7 Å². The fourth-order valence-electron chi connectivity index (χ4n) is 2.67. The van der Waals surface area contributed by atoms with Gasteiger partial charge in [-0.15, -0.1) is 0 Å². The summed E-state index contributed by atoms with van der Waals surface area (Å²) in [5.74, 6) is -0.277. The Morgan fingerprint density at radius 2 is 1.95 bits per heavy atom. The quantitative estimate of drug-likeness (QED) is 0.652. The molecular weight excluding hydrogens is 238 g/mol. The molecule has 0 unspecified atom stereocenters. The molecule has 104 valence electrons. The lowest BCUT2D eigenvalue weighted by Gasteiger charge is -2.33. The average Bonchev–Trinajstić information content (AvgIpc) is 2.32. The molecule has 0 heterocycles. The van der Waals surface area contributed by atoms with Gasteiger partial charge in [-0.1, -0.05) is 26.0 Å². The first-order valence-electron chi connectivity index (χ1n) is 6.95. The fourth-order valence-corrected chi connectivity index (χ4v) is 2.67. The fraction of sp³-hybridized carbons (Fsp3) is 0.562. The molecule has 2 N–H and O–H groups in total. The zero-order valence-electron chi connectivity index (χ0n) is 12.0. The van der Waals surface area contributed by atoms with Crippen LogP contribution in [0.5, 0.6) is 0 Å². The minimum absolute atomic E-state index is 0.0412. The Labute approximate surface area is 115 Å². The van der Waals surface area contributed by atoms with Crippen LogP contribution in [0.1, 0.15) is 55.5 Å². The van der Waals surface area contributed by atoms with Crippen molar-refractivity contribution in [3.8, 4) is 0 Å². The van der Waals surface area contributed by atoms with Crippen molar-refractivity contribution in [3.63, 3.8) is 0 Å². The maximum atomic E-state index is 12.2. The van der Waals surface area contributed by atoms with Gasteiger partial charge in [0.15, 0.2) is 0 Å². The van der Waals surface area contributed by atoms with Crippen LogP contribution in [0.2, 0.25) is 0 Å². The van der Waals surface area contributed by atoms with E-state index in [2.05, 4.69) is 13.8 Å². The van der Waals surface area contributed by atoms with E-state index in [4.69, 9.17) is 10.5 Å². The number of carbonyl (C=O) groups excluding carboxylic acids is 1. The van der Waals surface area contributed by atoms with E-state index in [9.17, 15) is 4.79 Å². The summed E-state index contributed by atoms with van der Waals surface area (Å²) in [6.45, 7) is 6.42. The Kier molecular flexibility index (Phi) is 3.83. The van der Waals surface area contributed by atoms with Crippen molar-refractivity contribution in [2.75, 3.05) is 5.73 Å². The molecule has 0 spiro atoms. The van der Waals surface area contributed by atoms with E-state index in [0.717, 1.165) is 31.2 Å². The van der Waals surface area contributed by atoms with E-state index in [-0.39, 0.29) is 12.1 Å². The molecule has 1 fully saturated rings. The lowest BCUT2D eigenvalue weighted by atomic mass is 9.76. The normalized spacial score (nSPS) is 19.1. The Morgan fingerprint density at radius 3 is 2.53 bits per heavy atom. The van der Waals surface area contributed by atoms with Crippen LogP contribution in [0, 0.1) is 12.3 Å². The maximum absolute atomic E-state index is 12.2. The first kappa shape index (κ1) is 13.9. The van der Waals surface area contributed by atoms with Crippen molar-refractivity contribution in [2.45, 2.75) is 52.6 Å². The SMILES string of the molecule is Cc1cccc(N)c1C(=O)OC1CCC(C)(C)CC1. The van der Waals surface area contributed by atoms with Gasteiger partial charge >= 0.3 is 5.97 Å². The van der Waals surface area contributed by atoms with E-state index in [1.807, 2.05) is 19.1 Å². The molecule has 1 aromatic rings. The number of nitrogens with two attached hydrogens (primary N) is 1. The summed E-state index contributed by atoms with van der Waals surface area (Å²) >= 11 is 0. The standard InChI is InChI=1S/C16H23NO2/c1-11-5-4-6-13(17)14(11)15(18)19-12-7-9-16(2,3)10-8-12/h4-6,12H,7-10,17H2,1-3H3. The van der Waals surface area contributed by atoms with Gasteiger partial charge in [-0.3, -0.25) is 0 Å². The third kappa shape index (κ3) is 3.28. The molecule has 2 rings (SSSR count). The maximum Gasteiger partial charge on any atom is 0.340 e. The van der Waals surface area contributed by atoms with Gasteiger partial charge in [0.05, 0.1) is 5.56 Å². The largest absolute Gasteiger partial charge is 0.459 e. The van der Waals surface area contributed by atoms with Gasteiger partial charge in [0, 0.05) is 5.69 Å². The number of ether oxygens (including phenoxy) is 1. The van der Waals surface area contributed by atoms with Gasteiger partial charge in [-0.25, -0.2) is 4.79 Å². The van der Waals surface area contributed by atoms with E-state index in [0.29, 0.717) is 16.7 Å². The van der Waals surface area contributed by atoms with E-state index in [1.165, 1.54) is 0 Å². The number of benzene rings is 1. The number of anilines is 1. The molecule has 0 saturated heterocycles. The number of hydrogen-bond acceptors (Lipinski definition) is 3. The summed E-state index contributed by atoms with van der Waals surface area (Å²) in [6, 6.07) is 5.48. The van der Waals surface area contributed by atoms with Crippen molar-refractivity contribution in [1.82, 2.24) is 0 Å². The third-order valence-electron chi connectivity index (χ3n) is 4.07. The third-order valence-corrected chi connectivity index (χ3v) is 4.07. The lowest BCUT2D eigenvalue weighted by molar-refractivity contribution is 0.00955. The number of nitrogen functional groups attached to an aromatic ring is 1. The van der Waals surface area contributed by atoms with Crippen LogP contribution < -0.4 is 5.73 Å². The zero-order valence-corrected chi connectivity index (χ0v) is 12.0. The Bertz CT molecular complexity index is 449. The van der Waals surface area contributed by atoms with Crippen molar-refractivity contribution in [1.29, 1.82) is 0 Å². The van der Waals surface area contributed by atoms with Gasteiger partial charge in [-0.2, -0.15) is 0 Å². The highest BCUT2D eigenvalue weighted by molar-refractivity contribution is 5.96. The highest BCUT2D eigenvalue weighted by atomic mass is 16.5. The average molecular weight is 261 g/mol. The van der Waals surface area contributed by atoms with Gasteiger partial charge < -0.3 is 10.5 Å². The predicted octanol–water partition coefficient (Wildman–Crippen LogP) is 3.70. The molecule has 0 radical (unpaired) electrons. The highest BCUT2D eigenvalue weighted by Crippen LogP contribution is 2.36. The molecule has 19 heavy (non-hydrogen) atoms. The Morgan fingerprint density at radius 1 is 1.32 bits per heavy atom. The molecule has 1 aliphatic rings. The first-order valence-corrected chi connectivity index (χ1v) is 6.95. The predicted molar refractivity (Wildman–Crippen MR) is 77.0 cm³/mol. The van der Waals surface area contributed by atoms with E-state index in [1.54, 1.807) is 6.07 Å². The molecule has 0 aromatic heterocycles. The Balaban J connectivity index is 2.02.